The van der Waals surface area contributed by atoms with Gasteiger partial charge in [-0.2, -0.15) is 4.31 Å². The summed E-state index contributed by atoms with van der Waals surface area (Å²) in [6.45, 7) is 3.85. The Morgan fingerprint density at radius 3 is 2.76 bits per heavy atom. The minimum Gasteiger partial charge on any atom is -0.425 e. The molecule has 10 heteroatoms. The zero-order chi connectivity index (χ0) is 23.9. The summed E-state index contributed by atoms with van der Waals surface area (Å²) in [6.07, 6.45) is 4.31. The Hall–Kier alpha value is -2.88. The van der Waals surface area contributed by atoms with Crippen molar-refractivity contribution in [3.8, 4) is 11.3 Å². The topological polar surface area (TPSA) is 99.8 Å². The lowest BCUT2D eigenvalue weighted by molar-refractivity contribution is 0.171. The fraction of sp³-hybridized carbons (Fsp3) is 0.333. The molecule has 1 fully saturated rings. The van der Waals surface area contributed by atoms with Crippen LogP contribution in [0.25, 0.3) is 11.3 Å². The second kappa shape index (κ2) is 9.05. The molecule has 34 heavy (non-hydrogen) atoms. The fourth-order valence-corrected chi connectivity index (χ4v) is 6.33. The van der Waals surface area contributed by atoms with Crippen molar-refractivity contribution in [3.63, 3.8) is 0 Å². The Bertz CT molecular complexity index is 1400. The maximum absolute atomic E-state index is 13.0. The van der Waals surface area contributed by atoms with Gasteiger partial charge in [-0.05, 0) is 67.6 Å². The van der Waals surface area contributed by atoms with Crippen LogP contribution in [0, 0.1) is 5.92 Å². The molecule has 1 aromatic heterocycles. The van der Waals surface area contributed by atoms with Gasteiger partial charge in [0.2, 0.25) is 10.0 Å². The smallest absolute Gasteiger partial charge is 0.264 e. The van der Waals surface area contributed by atoms with Gasteiger partial charge >= 0.3 is 0 Å². The van der Waals surface area contributed by atoms with Crippen LogP contribution in [-0.2, 0) is 16.4 Å². The summed E-state index contributed by atoms with van der Waals surface area (Å²) < 4.78 is 28.6. The molecule has 1 saturated heterocycles. The molecule has 0 spiro atoms. The van der Waals surface area contributed by atoms with Crippen LogP contribution in [-0.4, -0.2) is 47.3 Å². The highest BCUT2D eigenvalue weighted by Crippen LogP contribution is 2.34. The Balaban J connectivity index is 1.50. The quantitative estimate of drug-likeness (QED) is 0.529. The highest BCUT2D eigenvalue weighted by atomic mass is 35.5. The number of fused-ring (bicyclic) bond motifs is 3. The third kappa shape index (κ3) is 4.31. The van der Waals surface area contributed by atoms with E-state index in [1.165, 1.54) is 0 Å². The maximum Gasteiger partial charge on any atom is 0.264 e. The molecular weight excluding hydrogens is 474 g/mol. The number of hydrogen-bond acceptors (Lipinski definition) is 6. The summed E-state index contributed by atoms with van der Waals surface area (Å²) in [7, 11) is -3.54. The predicted molar refractivity (Wildman–Crippen MR) is 131 cm³/mol. The van der Waals surface area contributed by atoms with E-state index in [0.29, 0.717) is 48.4 Å². The van der Waals surface area contributed by atoms with E-state index in [0.717, 1.165) is 34.4 Å². The van der Waals surface area contributed by atoms with E-state index in [9.17, 15) is 13.6 Å². The molecule has 3 heterocycles. The van der Waals surface area contributed by atoms with E-state index < -0.39 is 10.0 Å². The van der Waals surface area contributed by atoms with Crippen LogP contribution < -0.4 is 10.9 Å². The summed E-state index contributed by atoms with van der Waals surface area (Å²) >= 11 is 6.15. The molecule has 2 aliphatic heterocycles. The Morgan fingerprint density at radius 1 is 1.21 bits per heavy atom. The standard InChI is InChI=1S/C24H26ClN5O3S/c1-16-3-2-12-29(15-16)34(32,33)20-7-5-19(6-8-20)28-24-27-14-17-10-11-26-22-13-18(25)4-9-21(22)23(17)30(24)31/h4-9,13-14,16,26,31H,2-3,10-12,15H2,1H3. The molecule has 0 saturated carbocycles. The average molecular weight is 500 g/mol. The van der Waals surface area contributed by atoms with Gasteiger partial charge in [0, 0.05) is 47.7 Å². The van der Waals surface area contributed by atoms with Crippen LogP contribution >= 0.6 is 11.6 Å². The predicted octanol–water partition coefficient (Wildman–Crippen LogP) is 4.06. The van der Waals surface area contributed by atoms with Crippen LogP contribution in [0.15, 0.2) is 58.5 Å². The van der Waals surface area contributed by atoms with Crippen LogP contribution in [0.4, 0.5) is 11.4 Å². The summed E-state index contributed by atoms with van der Waals surface area (Å²) in [5.74, 6) is 0.355. The molecule has 0 bridgehead atoms. The first-order valence-corrected chi connectivity index (χ1v) is 13.1. The molecule has 8 nitrogen and oxygen atoms in total. The first kappa shape index (κ1) is 22.9. The highest BCUT2D eigenvalue weighted by molar-refractivity contribution is 7.89. The lowest BCUT2D eigenvalue weighted by Crippen LogP contribution is -2.39. The number of anilines is 1. The van der Waals surface area contributed by atoms with Gasteiger partial charge in [-0.15, -0.1) is 4.73 Å². The molecule has 3 aromatic rings. The first-order valence-electron chi connectivity index (χ1n) is 11.3. The van der Waals surface area contributed by atoms with Gasteiger partial charge in [-0.3, -0.25) is 0 Å². The second-order valence-electron chi connectivity index (χ2n) is 8.83. The normalized spacial score (nSPS) is 19.1. The molecule has 0 amide bonds. The molecule has 178 valence electrons. The molecule has 1 unspecified atom stereocenters. The van der Waals surface area contributed by atoms with Crippen LogP contribution in [0.5, 0.6) is 0 Å². The number of aromatic nitrogens is 2. The SMILES string of the molecule is CC1CCCN(S(=O)(=O)c2ccc(N=c3ncc4c(n3O)-c3ccc(Cl)cc3NCC4)cc2)C1. The molecule has 2 N–H and O–H groups in total. The van der Waals surface area contributed by atoms with Gasteiger partial charge in [0.1, 0.15) is 0 Å². The molecule has 0 radical (unpaired) electrons. The number of piperidine rings is 1. The van der Waals surface area contributed by atoms with E-state index >= 15 is 0 Å². The molecule has 1 atom stereocenters. The van der Waals surface area contributed by atoms with E-state index in [-0.39, 0.29) is 10.5 Å². The van der Waals surface area contributed by atoms with Crippen molar-refractivity contribution >= 4 is 33.0 Å². The lowest BCUT2D eigenvalue weighted by Gasteiger charge is -2.30. The zero-order valence-corrected chi connectivity index (χ0v) is 20.3. The molecular formula is C24H26ClN5O3S. The first-order chi connectivity index (χ1) is 16.3. The lowest BCUT2D eigenvalue weighted by atomic mass is 10.0. The fourth-order valence-electron chi connectivity index (χ4n) is 4.56. The minimum atomic E-state index is -3.54. The molecule has 2 aliphatic rings. The Morgan fingerprint density at radius 2 is 2.00 bits per heavy atom. The number of halogens is 1. The van der Waals surface area contributed by atoms with E-state index in [2.05, 4.69) is 22.2 Å². The van der Waals surface area contributed by atoms with Gasteiger partial charge in [0.15, 0.2) is 0 Å². The number of nitrogens with one attached hydrogen (secondary N) is 1. The number of hydrogen-bond donors (Lipinski definition) is 2. The highest BCUT2D eigenvalue weighted by Gasteiger charge is 2.28. The van der Waals surface area contributed by atoms with Gasteiger partial charge in [0.05, 0.1) is 16.3 Å². The van der Waals surface area contributed by atoms with Crippen molar-refractivity contribution in [2.24, 2.45) is 10.9 Å². The summed E-state index contributed by atoms with van der Waals surface area (Å²) in [5, 5.41) is 14.9. The van der Waals surface area contributed by atoms with Crippen molar-refractivity contribution in [3.05, 3.63) is 64.9 Å². The number of benzene rings is 2. The molecule has 5 rings (SSSR count). The van der Waals surface area contributed by atoms with Crippen LogP contribution in [0.1, 0.15) is 25.3 Å². The van der Waals surface area contributed by atoms with Crippen molar-refractivity contribution in [2.45, 2.75) is 31.1 Å². The van der Waals surface area contributed by atoms with Crippen molar-refractivity contribution in [1.82, 2.24) is 14.0 Å². The molecule has 2 aromatic carbocycles. The Labute approximate surface area is 203 Å². The number of nitrogens with zero attached hydrogens (tertiary/aromatic N) is 4. The maximum atomic E-state index is 13.0. The monoisotopic (exact) mass is 499 g/mol. The summed E-state index contributed by atoms with van der Waals surface area (Å²) in [6, 6.07) is 11.8. The van der Waals surface area contributed by atoms with Gasteiger partial charge in [-0.1, -0.05) is 18.5 Å². The van der Waals surface area contributed by atoms with E-state index in [1.54, 1.807) is 40.8 Å². The third-order valence-corrected chi connectivity index (χ3v) is 8.43. The minimum absolute atomic E-state index is 0.0991. The zero-order valence-electron chi connectivity index (χ0n) is 18.8. The number of rotatable bonds is 3. The van der Waals surface area contributed by atoms with Crippen molar-refractivity contribution < 1.29 is 13.6 Å². The van der Waals surface area contributed by atoms with Crippen molar-refractivity contribution in [2.75, 3.05) is 25.0 Å². The average Bonchev–Trinajstić information content (AvgIpc) is 3.00. The summed E-state index contributed by atoms with van der Waals surface area (Å²) in [5.41, 5.74) is 3.70. The largest absolute Gasteiger partial charge is 0.425 e. The molecule has 0 aliphatic carbocycles. The van der Waals surface area contributed by atoms with Crippen LogP contribution in [0.3, 0.4) is 0 Å². The van der Waals surface area contributed by atoms with Gasteiger partial charge in [-0.25, -0.2) is 18.4 Å². The van der Waals surface area contributed by atoms with E-state index in [4.69, 9.17) is 11.6 Å². The van der Waals surface area contributed by atoms with Gasteiger partial charge < -0.3 is 10.5 Å². The van der Waals surface area contributed by atoms with Crippen molar-refractivity contribution in [1.29, 1.82) is 0 Å². The third-order valence-electron chi connectivity index (χ3n) is 6.31. The summed E-state index contributed by atoms with van der Waals surface area (Å²) in [4.78, 5) is 9.04. The number of sulfonamides is 1. The van der Waals surface area contributed by atoms with Gasteiger partial charge in [0.25, 0.3) is 5.62 Å². The second-order valence-corrected chi connectivity index (χ2v) is 11.2. The van der Waals surface area contributed by atoms with Crippen LogP contribution in [0.2, 0.25) is 5.02 Å². The Kier molecular flexibility index (Phi) is 6.09. The van der Waals surface area contributed by atoms with E-state index in [1.807, 2.05) is 12.1 Å².